The third kappa shape index (κ3) is 1.75. The molecule has 15 heavy (non-hydrogen) atoms. The number of benzene rings is 1. The maximum atomic E-state index is 10.5. The number of nitrogens with zero attached hydrogens (tertiary/aromatic N) is 4. The van der Waals surface area contributed by atoms with Gasteiger partial charge in [-0.1, -0.05) is 11.3 Å². The molecule has 7 nitrogen and oxygen atoms in total. The van der Waals surface area contributed by atoms with Crippen LogP contribution in [0.15, 0.2) is 30.5 Å². The number of hydrogen-bond donors (Lipinski definition) is 1. The summed E-state index contributed by atoms with van der Waals surface area (Å²) in [5.41, 5.74) is 5.94. The number of anilines is 1. The van der Waals surface area contributed by atoms with Crippen molar-refractivity contribution in [3.05, 3.63) is 40.6 Å². The van der Waals surface area contributed by atoms with Gasteiger partial charge >= 0.3 is 0 Å². The minimum atomic E-state index is -0.468. The van der Waals surface area contributed by atoms with Gasteiger partial charge in [0, 0.05) is 12.1 Å². The summed E-state index contributed by atoms with van der Waals surface area (Å²) in [6.45, 7) is 0. The average molecular weight is 205 g/mol. The van der Waals surface area contributed by atoms with Crippen LogP contribution >= 0.6 is 0 Å². The highest BCUT2D eigenvalue weighted by molar-refractivity contribution is 5.43. The van der Waals surface area contributed by atoms with Crippen LogP contribution in [0.5, 0.6) is 0 Å². The summed E-state index contributed by atoms with van der Waals surface area (Å²) in [6.07, 6.45) is 1.49. The molecule has 1 aromatic heterocycles. The second-order valence-corrected chi connectivity index (χ2v) is 2.86. The summed E-state index contributed by atoms with van der Waals surface area (Å²) in [4.78, 5) is 10.1. The minimum Gasteiger partial charge on any atom is -0.381 e. The molecule has 0 aliphatic rings. The Hall–Kier alpha value is -2.44. The number of aromatic nitrogens is 3. The Bertz CT molecular complexity index is 507. The molecule has 7 heteroatoms. The molecule has 76 valence electrons. The van der Waals surface area contributed by atoms with Crippen molar-refractivity contribution < 1.29 is 4.92 Å². The highest BCUT2D eigenvalue weighted by Gasteiger charge is 2.07. The van der Waals surface area contributed by atoms with Crippen molar-refractivity contribution >= 4 is 11.5 Å². The van der Waals surface area contributed by atoms with Crippen molar-refractivity contribution in [3.8, 4) is 5.69 Å². The standard InChI is InChI=1S/C8H7N5O2/c9-8-5-12(11-10-8)6-2-1-3-7(4-6)13(14)15/h1-5H,9H2. The Labute approximate surface area is 84.3 Å². The predicted molar refractivity (Wildman–Crippen MR) is 52.4 cm³/mol. The number of nitrogen functional groups attached to an aromatic ring is 1. The smallest absolute Gasteiger partial charge is 0.271 e. The Balaban J connectivity index is 2.45. The summed E-state index contributed by atoms with van der Waals surface area (Å²) < 4.78 is 1.38. The van der Waals surface area contributed by atoms with E-state index in [1.807, 2.05) is 0 Å². The van der Waals surface area contributed by atoms with Crippen LogP contribution in [-0.2, 0) is 0 Å². The zero-order chi connectivity index (χ0) is 10.8. The van der Waals surface area contributed by atoms with Gasteiger partial charge in [-0.3, -0.25) is 10.1 Å². The lowest BCUT2D eigenvalue weighted by Crippen LogP contribution is -1.96. The molecule has 2 aromatic rings. The van der Waals surface area contributed by atoms with Crippen molar-refractivity contribution in [1.82, 2.24) is 15.0 Å². The van der Waals surface area contributed by atoms with Crippen LogP contribution in [0.3, 0.4) is 0 Å². The van der Waals surface area contributed by atoms with Gasteiger partial charge in [-0.25, -0.2) is 4.68 Å². The molecular weight excluding hydrogens is 198 g/mol. The SMILES string of the molecule is Nc1cn(-c2cccc([N+](=O)[O-])c2)nn1. The molecule has 0 amide bonds. The summed E-state index contributed by atoms with van der Waals surface area (Å²) >= 11 is 0. The summed E-state index contributed by atoms with van der Waals surface area (Å²) in [6, 6.07) is 6.06. The van der Waals surface area contributed by atoms with E-state index in [0.717, 1.165) is 0 Å². The molecule has 0 bridgehead atoms. The molecule has 2 N–H and O–H groups in total. The third-order valence-electron chi connectivity index (χ3n) is 1.82. The normalized spacial score (nSPS) is 10.1. The van der Waals surface area contributed by atoms with E-state index in [4.69, 9.17) is 5.73 Å². The van der Waals surface area contributed by atoms with E-state index in [9.17, 15) is 10.1 Å². The monoisotopic (exact) mass is 205 g/mol. The van der Waals surface area contributed by atoms with Crippen LogP contribution < -0.4 is 5.73 Å². The summed E-state index contributed by atoms with van der Waals surface area (Å²) in [5, 5.41) is 17.8. The average Bonchev–Trinajstić information content (AvgIpc) is 2.65. The minimum absolute atomic E-state index is 0.00146. The molecule has 0 unspecified atom stereocenters. The molecule has 0 spiro atoms. The van der Waals surface area contributed by atoms with Crippen LogP contribution in [0.2, 0.25) is 0 Å². The Morgan fingerprint density at radius 2 is 2.27 bits per heavy atom. The van der Waals surface area contributed by atoms with Gasteiger partial charge in [-0.2, -0.15) is 0 Å². The van der Waals surface area contributed by atoms with Gasteiger partial charge in [-0.15, -0.1) is 5.10 Å². The van der Waals surface area contributed by atoms with Crippen LogP contribution in [0.4, 0.5) is 11.5 Å². The Kier molecular flexibility index (Phi) is 2.05. The van der Waals surface area contributed by atoms with Gasteiger partial charge in [0.15, 0.2) is 5.82 Å². The van der Waals surface area contributed by atoms with Crippen molar-refractivity contribution in [1.29, 1.82) is 0 Å². The molecular formula is C8H7N5O2. The molecule has 0 aliphatic carbocycles. The Morgan fingerprint density at radius 1 is 1.47 bits per heavy atom. The summed E-state index contributed by atoms with van der Waals surface area (Å²) in [7, 11) is 0. The van der Waals surface area contributed by atoms with E-state index in [1.165, 1.54) is 23.0 Å². The molecule has 0 saturated heterocycles. The second kappa shape index (κ2) is 3.37. The van der Waals surface area contributed by atoms with E-state index in [1.54, 1.807) is 12.1 Å². The van der Waals surface area contributed by atoms with E-state index >= 15 is 0 Å². The van der Waals surface area contributed by atoms with Gasteiger partial charge in [0.05, 0.1) is 16.8 Å². The largest absolute Gasteiger partial charge is 0.381 e. The van der Waals surface area contributed by atoms with Gasteiger partial charge in [0.25, 0.3) is 5.69 Å². The molecule has 0 radical (unpaired) electrons. The topological polar surface area (TPSA) is 99.9 Å². The first-order chi connectivity index (χ1) is 7.16. The zero-order valence-electron chi connectivity index (χ0n) is 7.57. The number of non-ortho nitro benzene ring substituents is 1. The fourth-order valence-electron chi connectivity index (χ4n) is 1.15. The van der Waals surface area contributed by atoms with Gasteiger partial charge < -0.3 is 5.73 Å². The predicted octanol–water partition coefficient (Wildman–Crippen LogP) is 0.758. The first kappa shape index (κ1) is 9.13. The molecule has 0 atom stereocenters. The lowest BCUT2D eigenvalue weighted by molar-refractivity contribution is -0.384. The number of nitrogens with two attached hydrogens (primary N) is 1. The number of hydrogen-bond acceptors (Lipinski definition) is 5. The highest BCUT2D eigenvalue weighted by Crippen LogP contribution is 2.15. The molecule has 1 heterocycles. The van der Waals surface area contributed by atoms with Gasteiger partial charge in [0.1, 0.15) is 0 Å². The van der Waals surface area contributed by atoms with Crippen molar-refractivity contribution in [2.45, 2.75) is 0 Å². The third-order valence-corrected chi connectivity index (χ3v) is 1.82. The number of nitro benzene ring substituents is 1. The second-order valence-electron chi connectivity index (χ2n) is 2.86. The summed E-state index contributed by atoms with van der Waals surface area (Å²) in [5.74, 6) is 0.265. The van der Waals surface area contributed by atoms with Gasteiger partial charge in [-0.05, 0) is 6.07 Å². The zero-order valence-corrected chi connectivity index (χ0v) is 7.57. The van der Waals surface area contributed by atoms with Crippen LogP contribution in [0, 0.1) is 10.1 Å². The first-order valence-electron chi connectivity index (χ1n) is 4.09. The van der Waals surface area contributed by atoms with Crippen LogP contribution in [-0.4, -0.2) is 19.9 Å². The quantitative estimate of drug-likeness (QED) is 0.576. The molecule has 0 saturated carbocycles. The maximum absolute atomic E-state index is 10.5. The fourth-order valence-corrected chi connectivity index (χ4v) is 1.15. The van der Waals surface area contributed by atoms with Crippen molar-refractivity contribution in [2.24, 2.45) is 0 Å². The van der Waals surface area contributed by atoms with E-state index in [0.29, 0.717) is 5.69 Å². The van der Waals surface area contributed by atoms with E-state index in [2.05, 4.69) is 10.3 Å². The molecule has 0 fully saturated rings. The van der Waals surface area contributed by atoms with E-state index in [-0.39, 0.29) is 11.5 Å². The lowest BCUT2D eigenvalue weighted by Gasteiger charge is -1.98. The van der Waals surface area contributed by atoms with Gasteiger partial charge in [0.2, 0.25) is 0 Å². The number of rotatable bonds is 2. The fraction of sp³-hybridized carbons (Fsp3) is 0. The lowest BCUT2D eigenvalue weighted by atomic mass is 10.3. The number of nitro groups is 1. The molecule has 1 aromatic carbocycles. The van der Waals surface area contributed by atoms with E-state index < -0.39 is 4.92 Å². The van der Waals surface area contributed by atoms with Crippen LogP contribution in [0.25, 0.3) is 5.69 Å². The highest BCUT2D eigenvalue weighted by atomic mass is 16.6. The Morgan fingerprint density at radius 3 is 2.87 bits per heavy atom. The van der Waals surface area contributed by atoms with Crippen molar-refractivity contribution in [3.63, 3.8) is 0 Å². The van der Waals surface area contributed by atoms with Crippen molar-refractivity contribution in [2.75, 3.05) is 5.73 Å². The molecule has 0 aliphatic heterocycles. The first-order valence-corrected chi connectivity index (χ1v) is 4.09. The maximum Gasteiger partial charge on any atom is 0.271 e. The molecule has 2 rings (SSSR count). The van der Waals surface area contributed by atoms with Crippen LogP contribution in [0.1, 0.15) is 0 Å².